The van der Waals surface area contributed by atoms with Crippen LogP contribution in [0.5, 0.6) is 11.5 Å². The van der Waals surface area contributed by atoms with E-state index in [9.17, 15) is 0 Å². The first kappa shape index (κ1) is 20.9. The third-order valence-corrected chi connectivity index (χ3v) is 14.5. The Labute approximate surface area is 195 Å². The van der Waals surface area contributed by atoms with Crippen molar-refractivity contribution < 1.29 is 9.47 Å². The van der Waals surface area contributed by atoms with E-state index in [1.165, 1.54) is 11.1 Å². The Morgan fingerprint density at radius 2 is 1.28 bits per heavy atom. The van der Waals surface area contributed by atoms with Crippen LogP contribution in [-0.4, -0.2) is 25.2 Å². The molecule has 0 unspecified atom stereocenters. The molecular weight excluding hydrogens is 655 g/mol. The van der Waals surface area contributed by atoms with E-state index in [1.807, 2.05) is 18.2 Å². The molecule has 3 nitrogen and oxygen atoms in total. The van der Waals surface area contributed by atoms with Gasteiger partial charge in [-0.1, -0.05) is 0 Å². The molecule has 1 heterocycles. The van der Waals surface area contributed by atoms with E-state index in [1.54, 1.807) is 14.2 Å². The van der Waals surface area contributed by atoms with Gasteiger partial charge in [0.15, 0.2) is 0 Å². The number of rotatable bonds is 5. The molecule has 0 spiro atoms. The van der Waals surface area contributed by atoms with E-state index >= 15 is 0 Å². The topological polar surface area (TPSA) is 30.8 Å². The van der Waals surface area contributed by atoms with Crippen LogP contribution in [0.3, 0.4) is 0 Å². The van der Waals surface area contributed by atoms with Crippen molar-refractivity contribution >= 4 is 57.3 Å². The summed E-state index contributed by atoms with van der Waals surface area (Å²) in [6.45, 7) is 0. The summed E-state index contributed by atoms with van der Waals surface area (Å²) in [6, 6.07) is 25.1. The number of halogens is 2. The Morgan fingerprint density at radius 1 is 0.690 bits per heavy atom. The molecule has 148 valence electrons. The molecule has 1 aliphatic heterocycles. The standard InChI is InChI=1S/C23H19I2NO2Se/c1-27-21-13-12-19(14-22(21)28-2)23-26-20(15-29(23,24)25)18-10-8-17(9-11-18)16-6-4-3-5-7-16/h3-15H,1-2H3. The summed E-state index contributed by atoms with van der Waals surface area (Å²) in [6.07, 6.45) is -2.07. The zero-order chi connectivity index (χ0) is 20.4. The summed E-state index contributed by atoms with van der Waals surface area (Å²) in [5.74, 6) is 1.46. The minimum atomic E-state index is -2.07. The summed E-state index contributed by atoms with van der Waals surface area (Å²) in [4.78, 5) is 7.41. The quantitative estimate of drug-likeness (QED) is 0.226. The molecule has 0 radical (unpaired) electrons. The predicted molar refractivity (Wildman–Crippen MR) is 140 cm³/mol. The normalized spacial score (nSPS) is 16.0. The second kappa shape index (κ2) is 8.79. The fourth-order valence-corrected chi connectivity index (χ4v) is 12.0. The number of ether oxygens (including phenoxy) is 2. The van der Waals surface area contributed by atoms with E-state index in [-0.39, 0.29) is 0 Å². The van der Waals surface area contributed by atoms with Gasteiger partial charge in [-0.25, -0.2) is 0 Å². The number of aliphatic imine (C=N–C) groups is 1. The van der Waals surface area contributed by atoms with Gasteiger partial charge in [0.1, 0.15) is 0 Å². The van der Waals surface area contributed by atoms with Crippen molar-refractivity contribution in [2.75, 3.05) is 14.2 Å². The summed E-state index contributed by atoms with van der Waals surface area (Å²) in [7, 11) is 3.32. The van der Waals surface area contributed by atoms with Crippen molar-refractivity contribution in [3.63, 3.8) is 0 Å². The maximum absolute atomic E-state index is 5.49. The van der Waals surface area contributed by atoms with Crippen molar-refractivity contribution in [1.29, 1.82) is 0 Å². The van der Waals surface area contributed by atoms with E-state index in [2.05, 4.69) is 100 Å². The average molecular weight is 674 g/mol. The van der Waals surface area contributed by atoms with Crippen LogP contribution in [0.4, 0.5) is 0 Å². The van der Waals surface area contributed by atoms with Crippen molar-refractivity contribution in [2.24, 2.45) is 4.99 Å². The second-order valence-corrected chi connectivity index (χ2v) is 33.1. The Bertz CT molecular complexity index is 1090. The molecule has 0 aliphatic carbocycles. The Kier molecular flexibility index (Phi) is 6.34. The van der Waals surface area contributed by atoms with Crippen LogP contribution < -0.4 is 9.47 Å². The van der Waals surface area contributed by atoms with Crippen LogP contribution in [0.1, 0.15) is 11.1 Å². The SMILES string of the molecule is COc1ccc(C2=NC(c3ccc(-c4ccccc4)cc3)=C[Se]2(I)I)cc1OC. The van der Waals surface area contributed by atoms with Crippen LogP contribution >= 0.6 is 40.7 Å². The molecular formula is C23H19I2NO2Se. The molecule has 29 heavy (non-hydrogen) atoms. The van der Waals surface area contributed by atoms with Crippen molar-refractivity contribution in [3.8, 4) is 22.6 Å². The Hall–Kier alpha value is -1.35. The Morgan fingerprint density at radius 3 is 1.93 bits per heavy atom. The van der Waals surface area contributed by atoms with Gasteiger partial charge < -0.3 is 0 Å². The van der Waals surface area contributed by atoms with Crippen LogP contribution in [0.2, 0.25) is 0 Å². The first-order chi connectivity index (χ1) is 14.0. The molecule has 0 atom stereocenters. The summed E-state index contributed by atoms with van der Waals surface area (Å²) < 4.78 is 12.0. The number of benzene rings is 3. The van der Waals surface area contributed by atoms with Crippen molar-refractivity contribution in [3.05, 3.63) is 88.9 Å². The van der Waals surface area contributed by atoms with Gasteiger partial charge >= 0.3 is 198 Å². The fraction of sp³-hybridized carbons (Fsp3) is 0.0870. The summed E-state index contributed by atoms with van der Waals surface area (Å²) >= 11 is 5.19. The molecule has 1 aliphatic rings. The zero-order valence-corrected chi connectivity index (χ0v) is 22.0. The van der Waals surface area contributed by atoms with E-state index in [4.69, 9.17) is 14.5 Å². The molecule has 0 amide bonds. The third-order valence-electron chi connectivity index (χ3n) is 4.66. The van der Waals surface area contributed by atoms with E-state index < -0.39 is 6.35 Å². The molecule has 0 N–H and O–H groups in total. The van der Waals surface area contributed by atoms with Crippen LogP contribution in [0, 0.1) is 0 Å². The molecule has 3 aromatic rings. The van der Waals surface area contributed by atoms with Gasteiger partial charge in [-0.15, -0.1) is 0 Å². The fourth-order valence-electron chi connectivity index (χ4n) is 3.18. The van der Waals surface area contributed by atoms with Gasteiger partial charge in [0.25, 0.3) is 0 Å². The summed E-state index contributed by atoms with van der Waals surface area (Å²) in [5, 5.41) is 0. The van der Waals surface area contributed by atoms with Crippen LogP contribution in [0.15, 0.2) is 82.8 Å². The van der Waals surface area contributed by atoms with Gasteiger partial charge in [0.2, 0.25) is 0 Å². The summed E-state index contributed by atoms with van der Waals surface area (Å²) in [5.41, 5.74) is 5.74. The van der Waals surface area contributed by atoms with Crippen LogP contribution in [-0.2, 0) is 0 Å². The minimum absolute atomic E-state index is 0.731. The van der Waals surface area contributed by atoms with Crippen molar-refractivity contribution in [2.45, 2.75) is 0 Å². The molecule has 0 fully saturated rings. The zero-order valence-electron chi connectivity index (χ0n) is 15.9. The van der Waals surface area contributed by atoms with Crippen molar-refractivity contribution in [1.82, 2.24) is 0 Å². The van der Waals surface area contributed by atoms with Gasteiger partial charge in [-0.3, -0.25) is 0 Å². The third kappa shape index (κ3) is 4.40. The van der Waals surface area contributed by atoms with E-state index in [0.29, 0.717) is 0 Å². The first-order valence-corrected chi connectivity index (χ1v) is 21.2. The monoisotopic (exact) mass is 675 g/mol. The second-order valence-electron chi connectivity index (χ2n) is 6.44. The average Bonchev–Trinajstić information content (AvgIpc) is 3.09. The van der Waals surface area contributed by atoms with Gasteiger partial charge in [-0.2, -0.15) is 0 Å². The number of methoxy groups -OCH3 is 2. The molecule has 0 saturated carbocycles. The first-order valence-electron chi connectivity index (χ1n) is 8.93. The Balaban J connectivity index is 1.67. The van der Waals surface area contributed by atoms with Gasteiger partial charge in [-0.05, 0) is 0 Å². The van der Waals surface area contributed by atoms with E-state index in [0.717, 1.165) is 32.9 Å². The number of hydrogen-bond acceptors (Lipinski definition) is 3. The molecule has 0 aromatic heterocycles. The molecule has 4 rings (SSSR count). The van der Waals surface area contributed by atoms with Gasteiger partial charge in [0.05, 0.1) is 0 Å². The molecule has 0 bridgehead atoms. The number of hydrogen-bond donors (Lipinski definition) is 0. The van der Waals surface area contributed by atoms with Gasteiger partial charge in [0, 0.05) is 0 Å². The maximum atomic E-state index is 5.49. The van der Waals surface area contributed by atoms with Crippen LogP contribution in [0.25, 0.3) is 16.8 Å². The molecule has 3 aromatic carbocycles. The number of nitrogens with zero attached hydrogens (tertiary/aromatic N) is 1. The molecule has 6 heteroatoms. The predicted octanol–water partition coefficient (Wildman–Crippen LogP) is 6.61. The molecule has 0 saturated heterocycles.